The molecule has 0 heterocycles. The van der Waals surface area contributed by atoms with Crippen molar-refractivity contribution in [2.24, 2.45) is 11.8 Å². The van der Waals surface area contributed by atoms with Crippen LogP contribution in [0.2, 0.25) is 0 Å². The fourth-order valence-electron chi connectivity index (χ4n) is 2.43. The zero-order chi connectivity index (χ0) is 28.5. The smallest absolute Gasteiger partial charge is 0.427 e. The minimum Gasteiger partial charge on any atom is -0.478 e. The Kier molecular flexibility index (Phi) is 13.2. The molecule has 35 heavy (non-hydrogen) atoms. The number of unbranched alkanes of at least 4 members (excludes halogenated alkanes) is 1. The summed E-state index contributed by atoms with van der Waals surface area (Å²) in [7, 11) is 0. The molecular formula is C18H22F12O5. The second-order valence-electron chi connectivity index (χ2n) is 7.00. The molecule has 1 atom stereocenters. The quantitative estimate of drug-likeness (QED) is 0.212. The zero-order valence-electron chi connectivity index (χ0n) is 18.0. The van der Waals surface area contributed by atoms with Gasteiger partial charge in [0.15, 0.2) is 5.92 Å². The molecule has 0 aliphatic heterocycles. The first kappa shape index (κ1) is 35.0. The molecule has 0 aromatic carbocycles. The van der Waals surface area contributed by atoms with Gasteiger partial charge in [0.25, 0.3) is 5.60 Å². The van der Waals surface area contributed by atoms with Gasteiger partial charge in [-0.1, -0.05) is 33.1 Å². The number of carbonyl (C=O) groups excluding carboxylic acids is 1. The molecule has 0 saturated heterocycles. The average Bonchev–Trinajstić information content (AvgIpc) is 2.62. The third-order valence-electron chi connectivity index (χ3n) is 4.30. The number of rotatable bonds is 9. The van der Waals surface area contributed by atoms with Crippen molar-refractivity contribution in [3.8, 4) is 0 Å². The first-order valence-corrected chi connectivity index (χ1v) is 9.53. The third-order valence-corrected chi connectivity index (χ3v) is 4.30. The van der Waals surface area contributed by atoms with Gasteiger partial charge in [-0.2, -0.15) is 52.7 Å². The van der Waals surface area contributed by atoms with Crippen molar-refractivity contribution in [2.45, 2.75) is 69.8 Å². The summed E-state index contributed by atoms with van der Waals surface area (Å²) < 4.78 is 148. The number of aliphatic carboxylic acids is 1. The molecule has 0 rings (SSSR count). The van der Waals surface area contributed by atoms with Crippen LogP contribution in [0, 0.1) is 11.8 Å². The van der Waals surface area contributed by atoms with Crippen LogP contribution in [-0.2, 0) is 14.3 Å². The van der Waals surface area contributed by atoms with Crippen molar-refractivity contribution in [1.29, 1.82) is 0 Å². The van der Waals surface area contributed by atoms with E-state index in [-0.39, 0.29) is 0 Å². The van der Waals surface area contributed by atoms with Crippen LogP contribution in [0.3, 0.4) is 0 Å². The molecule has 0 aromatic heterocycles. The van der Waals surface area contributed by atoms with Gasteiger partial charge in [-0.15, -0.1) is 0 Å². The number of carboxylic acids is 1. The van der Waals surface area contributed by atoms with Gasteiger partial charge in [0.2, 0.25) is 0 Å². The average molecular weight is 546 g/mol. The van der Waals surface area contributed by atoms with Crippen molar-refractivity contribution in [1.82, 2.24) is 0 Å². The van der Waals surface area contributed by atoms with Gasteiger partial charge < -0.3 is 14.9 Å². The van der Waals surface area contributed by atoms with Crippen LogP contribution >= 0.6 is 0 Å². The number of esters is 1. The van der Waals surface area contributed by atoms with Crippen molar-refractivity contribution < 1.29 is 77.2 Å². The summed E-state index contributed by atoms with van der Waals surface area (Å²) in [6.07, 6.45) is -22.5. The Balaban J connectivity index is 0. The predicted molar refractivity (Wildman–Crippen MR) is 93.7 cm³/mol. The number of halogens is 12. The van der Waals surface area contributed by atoms with E-state index in [2.05, 4.69) is 13.8 Å². The van der Waals surface area contributed by atoms with Gasteiger partial charge >= 0.3 is 36.6 Å². The van der Waals surface area contributed by atoms with Gasteiger partial charge in [0, 0.05) is 12.2 Å². The summed E-state index contributed by atoms with van der Waals surface area (Å²) in [6, 6.07) is 0. The van der Waals surface area contributed by atoms with Gasteiger partial charge in [-0.3, -0.25) is 0 Å². The van der Waals surface area contributed by atoms with Crippen molar-refractivity contribution in [3.63, 3.8) is 0 Å². The highest BCUT2D eigenvalue weighted by molar-refractivity contribution is 5.90. The van der Waals surface area contributed by atoms with Crippen LogP contribution < -0.4 is 0 Å². The summed E-state index contributed by atoms with van der Waals surface area (Å²) in [5, 5.41) is 16.4. The number of carboxylic acid groups (broad SMARTS) is 1. The predicted octanol–water partition coefficient (Wildman–Crippen LogP) is 5.97. The number of hydrogen-bond acceptors (Lipinski definition) is 4. The molecule has 0 fully saturated rings. The van der Waals surface area contributed by atoms with E-state index in [0.29, 0.717) is 12.5 Å². The maximum Gasteiger partial charge on any atom is 0.427 e. The van der Waals surface area contributed by atoms with Crippen LogP contribution in [0.1, 0.15) is 39.5 Å². The maximum atomic E-state index is 11.9. The lowest BCUT2D eigenvalue weighted by Gasteiger charge is -2.39. The number of alkyl halides is 12. The lowest BCUT2D eigenvalue weighted by atomic mass is 9.84. The molecule has 2 N–H and O–H groups in total. The Morgan fingerprint density at radius 2 is 1.26 bits per heavy atom. The summed E-state index contributed by atoms with van der Waals surface area (Å²) in [5.74, 6) is -7.40. The highest BCUT2D eigenvalue weighted by atomic mass is 19.4. The Bertz CT molecular complexity index is 664. The highest BCUT2D eigenvalue weighted by Gasteiger charge is 2.84. The normalized spacial score (nSPS) is 14.5. The number of carbonyl (C=O) groups is 2. The van der Waals surface area contributed by atoms with Crippen LogP contribution in [0.5, 0.6) is 0 Å². The molecule has 0 saturated carbocycles. The van der Waals surface area contributed by atoms with E-state index in [0.717, 1.165) is 37.8 Å². The van der Waals surface area contributed by atoms with Crippen LogP contribution in [-0.4, -0.2) is 59.1 Å². The Morgan fingerprint density at radius 3 is 1.51 bits per heavy atom. The Hall–Kier alpha value is -2.20. The Morgan fingerprint density at radius 1 is 0.829 bits per heavy atom. The van der Waals surface area contributed by atoms with E-state index in [4.69, 9.17) is 14.9 Å². The van der Waals surface area contributed by atoms with Crippen molar-refractivity contribution >= 4 is 11.9 Å². The zero-order valence-corrected chi connectivity index (χ0v) is 18.0. The molecule has 17 heteroatoms. The standard InChI is InChI=1S/C12H20O4.C6H2F12O/c1-3-5-6-10(4-2)9-16-12(15)8-7-11(13)14;7-3(8,9)1(4(10,11)12)2(19,5(13,14)15)6(16,17)18/h7-8,10H,3-6,9H2,1-2H3,(H,13,14);1,19H/b8-7-;. The van der Waals surface area contributed by atoms with Crippen molar-refractivity contribution in [3.05, 3.63) is 12.2 Å². The fourth-order valence-corrected chi connectivity index (χ4v) is 2.43. The second kappa shape index (κ2) is 13.2. The summed E-state index contributed by atoms with van der Waals surface area (Å²) in [5.41, 5.74) is -6.99. The molecule has 1 unspecified atom stereocenters. The van der Waals surface area contributed by atoms with Crippen molar-refractivity contribution in [2.75, 3.05) is 6.61 Å². The lowest BCUT2D eigenvalue weighted by Crippen LogP contribution is -2.68. The van der Waals surface area contributed by atoms with E-state index in [1.165, 1.54) is 0 Å². The molecule has 208 valence electrons. The minimum absolute atomic E-state index is 0.374. The number of aliphatic hydroxyl groups is 1. The monoisotopic (exact) mass is 546 g/mol. The largest absolute Gasteiger partial charge is 0.478 e. The topological polar surface area (TPSA) is 83.8 Å². The highest BCUT2D eigenvalue weighted by Crippen LogP contribution is 2.57. The van der Waals surface area contributed by atoms with Gasteiger partial charge in [0.05, 0.1) is 6.61 Å². The molecular weight excluding hydrogens is 524 g/mol. The summed E-state index contributed by atoms with van der Waals surface area (Å²) in [4.78, 5) is 21.2. The number of ether oxygens (including phenoxy) is 1. The van der Waals surface area contributed by atoms with E-state index in [9.17, 15) is 62.3 Å². The first-order chi connectivity index (χ1) is 15.5. The molecule has 0 aromatic rings. The lowest BCUT2D eigenvalue weighted by molar-refractivity contribution is -0.445. The van der Waals surface area contributed by atoms with Gasteiger partial charge in [-0.25, -0.2) is 9.59 Å². The molecule has 0 aliphatic carbocycles. The molecule has 5 nitrogen and oxygen atoms in total. The Labute approximate surface area is 190 Å². The fraction of sp³-hybridized carbons (Fsp3) is 0.778. The summed E-state index contributed by atoms with van der Waals surface area (Å²) >= 11 is 0. The third kappa shape index (κ3) is 11.4. The minimum atomic E-state index is -7.24. The molecule has 0 bridgehead atoms. The SMILES string of the molecule is CCCCC(CC)COC(=O)/C=C\C(=O)O.OC(C(C(F)(F)F)C(F)(F)F)(C(F)(F)F)C(F)(F)F. The van der Waals surface area contributed by atoms with E-state index >= 15 is 0 Å². The van der Waals surface area contributed by atoms with Crippen LogP contribution in [0.4, 0.5) is 52.7 Å². The number of hydrogen-bond donors (Lipinski definition) is 2. The van der Waals surface area contributed by atoms with E-state index in [1.807, 2.05) is 0 Å². The van der Waals surface area contributed by atoms with E-state index in [1.54, 1.807) is 0 Å². The summed E-state index contributed by atoms with van der Waals surface area (Å²) in [6.45, 7) is 4.55. The second-order valence-corrected chi connectivity index (χ2v) is 7.00. The van der Waals surface area contributed by atoms with E-state index < -0.39 is 48.2 Å². The van der Waals surface area contributed by atoms with Crippen LogP contribution in [0.15, 0.2) is 12.2 Å². The molecule has 0 amide bonds. The molecule has 0 spiro atoms. The van der Waals surface area contributed by atoms with Crippen LogP contribution in [0.25, 0.3) is 0 Å². The molecule has 0 aliphatic rings. The maximum absolute atomic E-state index is 11.9. The van der Waals surface area contributed by atoms with Gasteiger partial charge in [-0.05, 0) is 12.3 Å². The first-order valence-electron chi connectivity index (χ1n) is 9.53. The molecule has 0 radical (unpaired) electrons. The van der Waals surface area contributed by atoms with Gasteiger partial charge in [0.1, 0.15) is 0 Å².